The molecule has 3 aromatic carbocycles. The minimum absolute atomic E-state index is 0.0485. The Kier molecular flexibility index (Phi) is 6.49. The molecular weight excluding hydrogens is 464 g/mol. The first-order chi connectivity index (χ1) is 18.2. The van der Waals surface area contributed by atoms with Crippen molar-refractivity contribution >= 4 is 5.97 Å². The first kappa shape index (κ1) is 23.5. The van der Waals surface area contributed by atoms with E-state index in [0.29, 0.717) is 5.69 Å². The summed E-state index contributed by atoms with van der Waals surface area (Å²) in [4.78, 5) is 14.5. The Bertz CT molecular complexity index is 1360. The molecule has 2 aliphatic rings. The number of rotatable bonds is 8. The van der Waals surface area contributed by atoms with Gasteiger partial charge in [0.25, 0.3) is 0 Å². The van der Waals surface area contributed by atoms with E-state index in [-0.39, 0.29) is 24.4 Å². The number of aromatic nitrogens is 1. The Morgan fingerprint density at radius 3 is 2.51 bits per heavy atom. The van der Waals surface area contributed by atoms with Crippen LogP contribution in [0.25, 0.3) is 0 Å². The molecule has 0 unspecified atom stereocenters. The first-order valence-corrected chi connectivity index (χ1v) is 12.8. The zero-order chi connectivity index (χ0) is 25.2. The summed E-state index contributed by atoms with van der Waals surface area (Å²) in [7, 11) is 1.40. The van der Waals surface area contributed by atoms with Crippen molar-refractivity contribution < 1.29 is 18.8 Å². The van der Waals surface area contributed by atoms with E-state index in [9.17, 15) is 4.79 Å². The van der Waals surface area contributed by atoms with Gasteiger partial charge in [0.1, 0.15) is 18.1 Å². The maximum Gasteiger partial charge on any atom is 0.306 e. The summed E-state index contributed by atoms with van der Waals surface area (Å²) >= 11 is 0. The second kappa shape index (κ2) is 10.2. The van der Waals surface area contributed by atoms with Gasteiger partial charge in [0.15, 0.2) is 0 Å². The van der Waals surface area contributed by atoms with Gasteiger partial charge in [-0.15, -0.1) is 0 Å². The van der Waals surface area contributed by atoms with Crippen molar-refractivity contribution in [3.05, 3.63) is 118 Å². The summed E-state index contributed by atoms with van der Waals surface area (Å²) in [6.07, 6.45) is 3.77. The van der Waals surface area contributed by atoms with Crippen LogP contribution in [0.1, 0.15) is 63.9 Å². The maximum absolute atomic E-state index is 12.0. The Labute approximate surface area is 216 Å². The van der Waals surface area contributed by atoms with Crippen LogP contribution in [0.5, 0.6) is 5.75 Å². The second-order valence-corrected chi connectivity index (χ2v) is 9.92. The highest BCUT2D eigenvalue weighted by molar-refractivity contribution is 5.71. The van der Waals surface area contributed by atoms with E-state index < -0.39 is 0 Å². The smallest absolute Gasteiger partial charge is 0.306 e. The quantitative estimate of drug-likeness (QED) is 0.282. The standard InChI is InChI=1S/C31H30N2O4/c1-35-31(34)17-28(29-14-15-36-32-29)22-7-10-26(11-8-22)37-30-13-9-23-16-21(6-12-27(23)30)18-33-19-24-4-2-3-5-25(24)20-33/h2-8,10-12,14-16,28,30H,9,13,17-20H2,1H3/t28-,30+/m0/s1. The maximum atomic E-state index is 12.0. The van der Waals surface area contributed by atoms with E-state index in [2.05, 4.69) is 52.5 Å². The Morgan fingerprint density at radius 2 is 1.81 bits per heavy atom. The SMILES string of the molecule is COC(=O)C[C@@H](c1ccc(O[C@@H]2CCc3cc(CN4Cc5ccccc5C4)ccc32)cc1)c1ccon1. The summed E-state index contributed by atoms with van der Waals surface area (Å²) in [5.74, 6) is 0.302. The third-order valence-electron chi connectivity index (χ3n) is 7.52. The number of nitrogens with zero attached hydrogens (tertiary/aromatic N) is 2. The van der Waals surface area contributed by atoms with Crippen molar-refractivity contribution in [3.8, 4) is 5.75 Å². The number of carbonyl (C=O) groups is 1. The number of carbonyl (C=O) groups excluding carboxylic acids is 1. The van der Waals surface area contributed by atoms with Gasteiger partial charge in [-0.1, -0.05) is 59.8 Å². The van der Waals surface area contributed by atoms with Crippen LogP contribution < -0.4 is 4.74 Å². The zero-order valence-electron chi connectivity index (χ0n) is 20.9. The summed E-state index contributed by atoms with van der Waals surface area (Å²) < 4.78 is 16.3. The predicted molar refractivity (Wildman–Crippen MR) is 139 cm³/mol. The fourth-order valence-corrected chi connectivity index (χ4v) is 5.61. The molecule has 6 heteroatoms. The molecule has 0 N–H and O–H groups in total. The van der Waals surface area contributed by atoms with Crippen LogP contribution >= 0.6 is 0 Å². The molecule has 4 aromatic rings. The van der Waals surface area contributed by atoms with Crippen molar-refractivity contribution in [2.75, 3.05) is 7.11 Å². The Morgan fingerprint density at radius 1 is 1.03 bits per heavy atom. The molecule has 0 bridgehead atoms. The minimum atomic E-state index is -0.287. The summed E-state index contributed by atoms with van der Waals surface area (Å²) in [5.41, 5.74) is 8.59. The number of benzene rings is 3. The molecule has 1 aromatic heterocycles. The van der Waals surface area contributed by atoms with Crippen LogP contribution in [0.3, 0.4) is 0 Å². The topological polar surface area (TPSA) is 64.8 Å². The van der Waals surface area contributed by atoms with E-state index >= 15 is 0 Å². The van der Waals surface area contributed by atoms with Crippen molar-refractivity contribution in [3.63, 3.8) is 0 Å². The lowest BCUT2D eigenvalue weighted by Crippen LogP contribution is -2.15. The number of hydrogen-bond donors (Lipinski definition) is 0. The van der Waals surface area contributed by atoms with Crippen LogP contribution in [-0.4, -0.2) is 23.1 Å². The lowest BCUT2D eigenvalue weighted by molar-refractivity contribution is -0.140. The summed E-state index contributed by atoms with van der Waals surface area (Å²) in [5, 5.41) is 4.04. The lowest BCUT2D eigenvalue weighted by Gasteiger charge is -2.18. The van der Waals surface area contributed by atoms with Crippen LogP contribution in [0.2, 0.25) is 0 Å². The fourth-order valence-electron chi connectivity index (χ4n) is 5.61. The van der Waals surface area contributed by atoms with Gasteiger partial charge in [-0.2, -0.15) is 0 Å². The molecule has 0 saturated heterocycles. The monoisotopic (exact) mass is 494 g/mol. The molecule has 0 saturated carbocycles. The van der Waals surface area contributed by atoms with E-state index in [1.165, 1.54) is 41.2 Å². The highest BCUT2D eigenvalue weighted by Crippen LogP contribution is 2.37. The Balaban J connectivity index is 1.11. The van der Waals surface area contributed by atoms with Crippen LogP contribution in [0.15, 0.2) is 83.6 Å². The average Bonchev–Trinajstić information content (AvgIpc) is 3.68. The van der Waals surface area contributed by atoms with Gasteiger partial charge in [0.2, 0.25) is 0 Å². The number of ether oxygens (including phenoxy) is 2. The highest BCUT2D eigenvalue weighted by atomic mass is 16.5. The van der Waals surface area contributed by atoms with Gasteiger partial charge in [-0.05, 0) is 58.4 Å². The molecule has 2 heterocycles. The molecule has 0 amide bonds. The van der Waals surface area contributed by atoms with Gasteiger partial charge < -0.3 is 14.0 Å². The van der Waals surface area contributed by atoms with Crippen molar-refractivity contribution in [2.24, 2.45) is 0 Å². The summed E-state index contributed by atoms with van der Waals surface area (Å²) in [6, 6.07) is 25.3. The zero-order valence-corrected chi connectivity index (χ0v) is 20.9. The number of hydrogen-bond acceptors (Lipinski definition) is 6. The van der Waals surface area contributed by atoms with Gasteiger partial charge in [0, 0.05) is 31.6 Å². The lowest BCUT2D eigenvalue weighted by atomic mass is 9.92. The highest BCUT2D eigenvalue weighted by Gasteiger charge is 2.26. The molecule has 6 nitrogen and oxygen atoms in total. The number of esters is 1. The van der Waals surface area contributed by atoms with E-state index in [0.717, 1.165) is 43.8 Å². The second-order valence-electron chi connectivity index (χ2n) is 9.92. The number of fused-ring (bicyclic) bond motifs is 2. The third-order valence-corrected chi connectivity index (χ3v) is 7.52. The van der Waals surface area contributed by atoms with Crippen molar-refractivity contribution in [1.82, 2.24) is 10.1 Å². The van der Waals surface area contributed by atoms with Gasteiger partial charge in [-0.25, -0.2) is 0 Å². The van der Waals surface area contributed by atoms with E-state index in [4.69, 9.17) is 14.0 Å². The number of methoxy groups -OCH3 is 1. The molecule has 1 aliphatic carbocycles. The van der Waals surface area contributed by atoms with E-state index in [1.807, 2.05) is 24.3 Å². The molecule has 6 rings (SSSR count). The normalized spacial score (nSPS) is 17.3. The minimum Gasteiger partial charge on any atom is -0.486 e. The van der Waals surface area contributed by atoms with Gasteiger partial charge in [0.05, 0.1) is 19.2 Å². The Hall–Kier alpha value is -3.90. The third kappa shape index (κ3) is 5.02. The van der Waals surface area contributed by atoms with Crippen molar-refractivity contribution in [1.29, 1.82) is 0 Å². The van der Waals surface area contributed by atoms with Crippen LogP contribution in [-0.2, 0) is 35.6 Å². The average molecular weight is 495 g/mol. The fraction of sp³-hybridized carbons (Fsp3) is 0.290. The van der Waals surface area contributed by atoms with Gasteiger partial charge in [-0.3, -0.25) is 9.69 Å². The van der Waals surface area contributed by atoms with Crippen LogP contribution in [0, 0.1) is 0 Å². The largest absolute Gasteiger partial charge is 0.486 e. The molecule has 0 radical (unpaired) electrons. The molecule has 37 heavy (non-hydrogen) atoms. The molecule has 188 valence electrons. The molecule has 1 aliphatic heterocycles. The summed E-state index contributed by atoms with van der Waals surface area (Å²) in [6.45, 7) is 3.01. The molecule has 0 fully saturated rings. The molecule has 0 spiro atoms. The van der Waals surface area contributed by atoms with Crippen molar-refractivity contribution in [2.45, 2.75) is 50.9 Å². The van der Waals surface area contributed by atoms with Gasteiger partial charge >= 0.3 is 5.97 Å². The molecular formula is C31H30N2O4. The van der Waals surface area contributed by atoms with E-state index in [1.54, 1.807) is 6.07 Å². The first-order valence-electron chi connectivity index (χ1n) is 12.8. The number of aryl methyl sites for hydroxylation is 1. The van der Waals surface area contributed by atoms with Crippen LogP contribution in [0.4, 0.5) is 0 Å². The predicted octanol–water partition coefficient (Wildman–Crippen LogP) is 5.95. The molecule has 2 atom stereocenters.